The first-order valence-corrected chi connectivity index (χ1v) is 13.5. The molecule has 194 valence electrons. The molecule has 1 aliphatic rings. The van der Waals surface area contributed by atoms with Gasteiger partial charge in [0.15, 0.2) is 6.10 Å². The number of hydrogen-bond donors (Lipinski definition) is 1. The fraction of sp³-hybridized carbons (Fsp3) is 0.172. The minimum Gasteiger partial charge on any atom is -0.497 e. The minimum atomic E-state index is -3.98. The zero-order valence-corrected chi connectivity index (χ0v) is 21.8. The largest absolute Gasteiger partial charge is 0.497 e. The molecule has 4 aromatic rings. The Kier molecular flexibility index (Phi) is 7.02. The fourth-order valence-corrected chi connectivity index (χ4v) is 5.73. The second kappa shape index (κ2) is 10.5. The zero-order chi connectivity index (χ0) is 26.7. The van der Waals surface area contributed by atoms with Crippen LogP contribution in [0.2, 0.25) is 0 Å². The molecule has 5 rings (SSSR count). The third-order valence-electron chi connectivity index (χ3n) is 6.30. The predicted octanol–water partition coefficient (Wildman–Crippen LogP) is 4.58. The Balaban J connectivity index is 1.36. The molecule has 0 bridgehead atoms. The SMILES string of the molecule is COc1ccc(S(=O)(=O)N2CC(C(=O)Nc3ccc(Cc4ccncc4)cc3)Oc3ccc(C)cc32)cc1. The molecule has 0 saturated carbocycles. The monoisotopic (exact) mass is 529 g/mol. The topological polar surface area (TPSA) is 97.8 Å². The minimum absolute atomic E-state index is 0.0941. The van der Waals surface area contributed by atoms with Gasteiger partial charge in [0, 0.05) is 18.1 Å². The van der Waals surface area contributed by atoms with Crippen molar-refractivity contribution < 1.29 is 22.7 Å². The van der Waals surface area contributed by atoms with E-state index >= 15 is 0 Å². The van der Waals surface area contributed by atoms with Crippen molar-refractivity contribution in [3.05, 3.63) is 108 Å². The molecule has 0 spiro atoms. The summed E-state index contributed by atoms with van der Waals surface area (Å²) in [5, 5.41) is 2.86. The molecule has 0 fully saturated rings. The van der Waals surface area contributed by atoms with Crippen molar-refractivity contribution in [1.82, 2.24) is 4.98 Å². The van der Waals surface area contributed by atoms with Crippen molar-refractivity contribution in [3.63, 3.8) is 0 Å². The molecule has 0 saturated heterocycles. The number of nitrogens with zero attached hydrogens (tertiary/aromatic N) is 2. The van der Waals surface area contributed by atoms with E-state index in [1.165, 1.54) is 23.5 Å². The van der Waals surface area contributed by atoms with Crippen LogP contribution in [0.5, 0.6) is 11.5 Å². The Morgan fingerprint density at radius 1 is 1.00 bits per heavy atom. The highest BCUT2D eigenvalue weighted by atomic mass is 32.2. The molecule has 1 aromatic heterocycles. The van der Waals surface area contributed by atoms with E-state index in [0.717, 1.165) is 23.1 Å². The molecule has 0 radical (unpaired) electrons. The lowest BCUT2D eigenvalue weighted by molar-refractivity contribution is -0.122. The summed E-state index contributed by atoms with van der Waals surface area (Å²) in [6.07, 6.45) is 3.21. The second-order valence-electron chi connectivity index (χ2n) is 9.01. The average molecular weight is 530 g/mol. The van der Waals surface area contributed by atoms with Gasteiger partial charge < -0.3 is 14.8 Å². The Hall–Kier alpha value is -4.37. The number of pyridine rings is 1. The summed E-state index contributed by atoms with van der Waals surface area (Å²) in [6, 6.07) is 22.8. The third-order valence-corrected chi connectivity index (χ3v) is 8.10. The molecule has 38 heavy (non-hydrogen) atoms. The van der Waals surface area contributed by atoms with Crippen LogP contribution in [-0.4, -0.2) is 39.1 Å². The Bertz CT molecular complexity index is 1540. The van der Waals surface area contributed by atoms with E-state index in [2.05, 4.69) is 10.3 Å². The number of benzene rings is 3. The highest BCUT2D eigenvalue weighted by molar-refractivity contribution is 7.92. The smallest absolute Gasteiger partial charge is 0.267 e. The van der Waals surface area contributed by atoms with E-state index in [4.69, 9.17) is 9.47 Å². The molecule has 9 heteroatoms. The maximum absolute atomic E-state index is 13.7. The maximum Gasteiger partial charge on any atom is 0.267 e. The van der Waals surface area contributed by atoms with Crippen LogP contribution < -0.4 is 19.1 Å². The Morgan fingerprint density at radius 2 is 1.68 bits per heavy atom. The molecule has 1 unspecified atom stereocenters. The molecule has 0 aliphatic carbocycles. The fourth-order valence-electron chi connectivity index (χ4n) is 4.27. The van der Waals surface area contributed by atoms with Crippen LogP contribution in [0, 0.1) is 6.92 Å². The number of aromatic nitrogens is 1. The lowest BCUT2D eigenvalue weighted by atomic mass is 10.1. The van der Waals surface area contributed by atoms with Crippen LogP contribution in [0.1, 0.15) is 16.7 Å². The van der Waals surface area contributed by atoms with Crippen LogP contribution in [0.15, 0.2) is 96.2 Å². The Labute approximate surface area is 221 Å². The molecule has 2 heterocycles. The molecule has 3 aromatic carbocycles. The number of aryl methyl sites for hydroxylation is 1. The second-order valence-corrected chi connectivity index (χ2v) is 10.9. The number of hydrogen-bond acceptors (Lipinski definition) is 6. The first kappa shape index (κ1) is 25.3. The van der Waals surface area contributed by atoms with E-state index in [1.54, 1.807) is 36.7 Å². The van der Waals surface area contributed by atoms with E-state index in [0.29, 0.717) is 22.9 Å². The maximum atomic E-state index is 13.7. The predicted molar refractivity (Wildman–Crippen MR) is 145 cm³/mol. The summed E-state index contributed by atoms with van der Waals surface area (Å²) >= 11 is 0. The van der Waals surface area contributed by atoms with Gasteiger partial charge in [-0.3, -0.25) is 14.1 Å². The summed E-state index contributed by atoms with van der Waals surface area (Å²) in [5.41, 5.74) is 4.09. The number of rotatable bonds is 7. The van der Waals surface area contributed by atoms with Gasteiger partial charge >= 0.3 is 0 Å². The van der Waals surface area contributed by atoms with Gasteiger partial charge in [0.1, 0.15) is 11.5 Å². The van der Waals surface area contributed by atoms with Crippen LogP contribution >= 0.6 is 0 Å². The van der Waals surface area contributed by atoms with Crippen LogP contribution in [0.4, 0.5) is 11.4 Å². The first-order chi connectivity index (χ1) is 18.3. The zero-order valence-electron chi connectivity index (χ0n) is 21.0. The van der Waals surface area contributed by atoms with Crippen LogP contribution in [-0.2, 0) is 21.2 Å². The summed E-state index contributed by atoms with van der Waals surface area (Å²) in [5.74, 6) is 0.436. The van der Waals surface area contributed by atoms with Crippen molar-refractivity contribution in [2.45, 2.75) is 24.3 Å². The number of amides is 1. The first-order valence-electron chi connectivity index (χ1n) is 12.1. The molecule has 1 aliphatic heterocycles. The van der Waals surface area contributed by atoms with Gasteiger partial charge in [-0.05, 0) is 90.7 Å². The number of nitrogens with one attached hydrogen (secondary N) is 1. The number of carbonyl (C=O) groups is 1. The summed E-state index contributed by atoms with van der Waals surface area (Å²) < 4.78 is 39.7. The summed E-state index contributed by atoms with van der Waals surface area (Å²) in [6.45, 7) is 1.70. The quantitative estimate of drug-likeness (QED) is 0.376. The van der Waals surface area contributed by atoms with Gasteiger partial charge in [-0.2, -0.15) is 0 Å². The number of sulfonamides is 1. The van der Waals surface area contributed by atoms with Crippen LogP contribution in [0.3, 0.4) is 0 Å². The molecular formula is C29H27N3O5S. The van der Waals surface area contributed by atoms with E-state index in [1.807, 2.05) is 49.4 Å². The standard InChI is InChI=1S/C29H27N3O5S/c1-20-3-12-27-26(17-20)32(38(34,35)25-10-8-24(36-2)9-11-25)19-28(37-27)29(33)31-23-6-4-21(5-7-23)18-22-13-15-30-16-14-22/h3-17,28H,18-19H2,1-2H3,(H,31,33). The van der Waals surface area contributed by atoms with Gasteiger partial charge in [0.25, 0.3) is 15.9 Å². The van der Waals surface area contributed by atoms with Gasteiger partial charge in [0.2, 0.25) is 0 Å². The molecule has 1 atom stereocenters. The molecule has 1 amide bonds. The number of fused-ring (bicyclic) bond motifs is 1. The van der Waals surface area contributed by atoms with E-state index in [-0.39, 0.29) is 11.4 Å². The van der Waals surface area contributed by atoms with E-state index < -0.39 is 22.0 Å². The van der Waals surface area contributed by atoms with Crippen molar-refractivity contribution in [2.24, 2.45) is 0 Å². The van der Waals surface area contributed by atoms with Crippen molar-refractivity contribution in [1.29, 1.82) is 0 Å². The Morgan fingerprint density at radius 3 is 2.37 bits per heavy atom. The average Bonchev–Trinajstić information content (AvgIpc) is 2.94. The lowest BCUT2D eigenvalue weighted by Crippen LogP contribution is -2.48. The van der Waals surface area contributed by atoms with Crippen LogP contribution in [0.25, 0.3) is 0 Å². The van der Waals surface area contributed by atoms with Gasteiger partial charge in [-0.25, -0.2) is 8.42 Å². The third kappa shape index (κ3) is 5.33. The molecule has 1 N–H and O–H groups in total. The highest BCUT2D eigenvalue weighted by Crippen LogP contribution is 2.38. The van der Waals surface area contributed by atoms with Crippen molar-refractivity contribution in [3.8, 4) is 11.5 Å². The van der Waals surface area contributed by atoms with Crippen molar-refractivity contribution >= 4 is 27.3 Å². The van der Waals surface area contributed by atoms with Gasteiger partial charge in [0.05, 0.1) is 24.2 Å². The normalized spacial score (nSPS) is 14.8. The number of carbonyl (C=O) groups excluding carboxylic acids is 1. The highest BCUT2D eigenvalue weighted by Gasteiger charge is 2.37. The summed E-state index contributed by atoms with van der Waals surface area (Å²) in [4.78, 5) is 17.4. The lowest BCUT2D eigenvalue weighted by Gasteiger charge is -2.35. The number of anilines is 2. The van der Waals surface area contributed by atoms with E-state index in [9.17, 15) is 13.2 Å². The van der Waals surface area contributed by atoms with Crippen molar-refractivity contribution in [2.75, 3.05) is 23.3 Å². The number of ether oxygens (including phenoxy) is 2. The van der Waals surface area contributed by atoms with Gasteiger partial charge in [-0.1, -0.05) is 18.2 Å². The number of methoxy groups -OCH3 is 1. The summed E-state index contributed by atoms with van der Waals surface area (Å²) in [7, 11) is -2.46. The van der Waals surface area contributed by atoms with Gasteiger partial charge in [-0.15, -0.1) is 0 Å². The molecular weight excluding hydrogens is 502 g/mol. The molecule has 8 nitrogen and oxygen atoms in total.